The van der Waals surface area contributed by atoms with Crippen molar-refractivity contribution < 1.29 is 4.42 Å². The third-order valence-corrected chi connectivity index (χ3v) is 9.78. The molecule has 0 unspecified atom stereocenters. The van der Waals surface area contributed by atoms with E-state index in [2.05, 4.69) is 131 Å². The van der Waals surface area contributed by atoms with Gasteiger partial charge >= 0.3 is 0 Å². The Balaban J connectivity index is 1.52. The Labute approximate surface area is 308 Å². The SMILES string of the molecule is C=C/C=C(\C=C)n1c(/C=C\C)c(N)c2c1ccc1c3ccc(Nc4ccc5oc6ccccc6c5c4)c(-c4ccccc4)c3n(C(/C=C\C)=C/C=C)c12. The van der Waals surface area contributed by atoms with Crippen LogP contribution in [0.4, 0.5) is 17.1 Å². The zero-order valence-electron chi connectivity index (χ0n) is 29.9. The number of anilines is 3. The first-order chi connectivity index (χ1) is 26.0. The first-order valence-electron chi connectivity index (χ1n) is 17.7. The number of nitrogens with zero attached hydrogens (tertiary/aromatic N) is 2. The number of nitrogens with one attached hydrogen (secondary N) is 1. The van der Waals surface area contributed by atoms with Gasteiger partial charge in [-0.25, -0.2) is 0 Å². The van der Waals surface area contributed by atoms with Crippen LogP contribution in [0.1, 0.15) is 19.5 Å². The fraction of sp³-hybridized carbons (Fsp3) is 0.0417. The first-order valence-corrected chi connectivity index (χ1v) is 17.7. The lowest BCUT2D eigenvalue weighted by atomic mass is 9.99. The molecule has 0 atom stereocenters. The Morgan fingerprint density at radius 1 is 0.698 bits per heavy atom. The van der Waals surface area contributed by atoms with Gasteiger partial charge in [0.2, 0.25) is 0 Å². The molecule has 0 saturated carbocycles. The number of nitrogen functional groups attached to an aromatic ring is 1. The van der Waals surface area contributed by atoms with Gasteiger partial charge in [-0.1, -0.05) is 105 Å². The summed E-state index contributed by atoms with van der Waals surface area (Å²) in [5.74, 6) is 0. The van der Waals surface area contributed by atoms with Crippen LogP contribution >= 0.6 is 0 Å². The van der Waals surface area contributed by atoms with Gasteiger partial charge in [-0.05, 0) is 86.2 Å². The molecule has 5 aromatic carbocycles. The molecule has 3 heterocycles. The van der Waals surface area contributed by atoms with Gasteiger partial charge in [-0.15, -0.1) is 0 Å². The van der Waals surface area contributed by atoms with E-state index in [9.17, 15) is 0 Å². The average molecular weight is 689 g/mol. The molecule has 5 heteroatoms. The van der Waals surface area contributed by atoms with Crippen LogP contribution in [-0.2, 0) is 0 Å². The van der Waals surface area contributed by atoms with Crippen LogP contribution in [-0.4, -0.2) is 9.13 Å². The van der Waals surface area contributed by atoms with Gasteiger partial charge in [-0.2, -0.15) is 0 Å². The fourth-order valence-electron chi connectivity index (χ4n) is 7.68. The van der Waals surface area contributed by atoms with Gasteiger partial charge < -0.3 is 24.6 Å². The maximum Gasteiger partial charge on any atom is 0.135 e. The highest BCUT2D eigenvalue weighted by molar-refractivity contribution is 6.26. The molecule has 258 valence electrons. The molecule has 3 N–H and O–H groups in total. The number of benzene rings is 5. The Bertz CT molecular complexity index is 2880. The molecule has 0 spiro atoms. The summed E-state index contributed by atoms with van der Waals surface area (Å²) in [7, 11) is 0. The van der Waals surface area contributed by atoms with Crippen molar-refractivity contribution in [2.45, 2.75) is 13.8 Å². The minimum Gasteiger partial charge on any atom is -0.456 e. The second-order valence-electron chi connectivity index (χ2n) is 12.9. The van der Waals surface area contributed by atoms with Crippen molar-refractivity contribution >= 4 is 89.2 Å². The Morgan fingerprint density at radius 2 is 1.42 bits per heavy atom. The van der Waals surface area contributed by atoms with E-state index >= 15 is 0 Å². The van der Waals surface area contributed by atoms with Crippen molar-refractivity contribution in [2.24, 2.45) is 0 Å². The molecule has 0 amide bonds. The summed E-state index contributed by atoms with van der Waals surface area (Å²) in [6.45, 7) is 16.3. The van der Waals surface area contributed by atoms with Gasteiger partial charge in [0, 0.05) is 55.3 Å². The topological polar surface area (TPSA) is 61.0 Å². The molecule has 0 radical (unpaired) electrons. The van der Waals surface area contributed by atoms with E-state index in [1.165, 1.54) is 0 Å². The maximum absolute atomic E-state index is 7.23. The van der Waals surface area contributed by atoms with Crippen LogP contribution in [0, 0.1) is 0 Å². The summed E-state index contributed by atoms with van der Waals surface area (Å²) >= 11 is 0. The van der Waals surface area contributed by atoms with Crippen molar-refractivity contribution in [3.05, 3.63) is 171 Å². The molecule has 8 aromatic rings. The van der Waals surface area contributed by atoms with E-state index in [4.69, 9.17) is 10.2 Å². The van der Waals surface area contributed by atoms with Crippen LogP contribution < -0.4 is 11.1 Å². The number of hydrogen-bond donors (Lipinski definition) is 2. The van der Waals surface area contributed by atoms with E-state index in [1.54, 1.807) is 6.08 Å². The smallest absolute Gasteiger partial charge is 0.135 e. The molecule has 0 fully saturated rings. The predicted octanol–water partition coefficient (Wildman–Crippen LogP) is 13.5. The zero-order valence-corrected chi connectivity index (χ0v) is 29.9. The standard InChI is InChI=1S/C48H40N4O/c1-6-16-33(10-5)51-40-28-26-37-36-25-27-39(50-32-24-29-43-38(30-32)35-22-14-15-23-42(35)53-43)44(31-20-12-11-13-21-31)47(36)52(34(17-7-2)18-8-3)48(37)45(40)46(49)41(51)19-9-4/h6-30,50H,1-2,5,49H2,3-4H3/b18-8-,19-9-,33-16+,34-17+. The van der Waals surface area contributed by atoms with Gasteiger partial charge in [-0.3, -0.25) is 0 Å². The molecule has 0 bridgehead atoms. The minimum absolute atomic E-state index is 0.684. The number of allylic oxidation sites excluding steroid dienone is 10. The van der Waals surface area contributed by atoms with Crippen LogP contribution in [0.5, 0.6) is 0 Å². The number of hydrogen-bond acceptors (Lipinski definition) is 3. The van der Waals surface area contributed by atoms with E-state index in [0.717, 1.165) is 94.2 Å². The minimum atomic E-state index is 0.684. The second-order valence-corrected chi connectivity index (χ2v) is 12.9. The number of rotatable bonds is 10. The van der Waals surface area contributed by atoms with E-state index in [0.29, 0.717) is 5.69 Å². The largest absolute Gasteiger partial charge is 0.456 e. The van der Waals surface area contributed by atoms with Crippen LogP contribution in [0.3, 0.4) is 0 Å². The molecule has 5 nitrogen and oxygen atoms in total. The summed E-state index contributed by atoms with van der Waals surface area (Å²) < 4.78 is 10.7. The predicted molar refractivity (Wildman–Crippen MR) is 230 cm³/mol. The zero-order chi connectivity index (χ0) is 36.6. The molecule has 8 rings (SSSR count). The van der Waals surface area contributed by atoms with Crippen LogP contribution in [0.2, 0.25) is 0 Å². The second kappa shape index (κ2) is 13.6. The number of nitrogens with two attached hydrogens (primary N) is 1. The van der Waals surface area contributed by atoms with Gasteiger partial charge in [0.25, 0.3) is 0 Å². The number of aromatic nitrogens is 2. The van der Waals surface area contributed by atoms with Crippen LogP contribution in [0.15, 0.2) is 170 Å². The highest BCUT2D eigenvalue weighted by atomic mass is 16.3. The molecular weight excluding hydrogens is 649 g/mol. The summed E-state index contributed by atoms with van der Waals surface area (Å²) in [4.78, 5) is 0. The lowest BCUT2D eigenvalue weighted by Crippen LogP contribution is -2.00. The fourth-order valence-corrected chi connectivity index (χ4v) is 7.68. The first kappa shape index (κ1) is 33.2. The van der Waals surface area contributed by atoms with Crippen molar-refractivity contribution in [3.8, 4) is 11.1 Å². The third kappa shape index (κ3) is 5.33. The number of para-hydroxylation sites is 1. The summed E-state index contributed by atoms with van der Waals surface area (Å²) in [6, 6.07) is 33.8. The van der Waals surface area contributed by atoms with Crippen LogP contribution in [0.25, 0.3) is 83.2 Å². The molecule has 53 heavy (non-hydrogen) atoms. The number of furan rings is 1. The lowest BCUT2D eigenvalue weighted by Gasteiger charge is -2.18. The summed E-state index contributed by atoms with van der Waals surface area (Å²) in [5, 5.41) is 9.12. The number of fused-ring (bicyclic) bond motifs is 8. The van der Waals surface area contributed by atoms with Crippen molar-refractivity contribution in [1.82, 2.24) is 9.13 Å². The summed E-state index contributed by atoms with van der Waals surface area (Å²) in [5.41, 5.74) is 19.5. The highest BCUT2D eigenvalue weighted by Crippen LogP contribution is 2.47. The van der Waals surface area contributed by atoms with E-state index < -0.39 is 0 Å². The Hall–Kier alpha value is -6.98. The quantitative estimate of drug-likeness (QED) is 0.141. The Kier molecular flexibility index (Phi) is 8.53. The van der Waals surface area contributed by atoms with E-state index in [1.807, 2.05) is 62.4 Å². The Morgan fingerprint density at radius 3 is 2.17 bits per heavy atom. The molecule has 0 aliphatic heterocycles. The van der Waals surface area contributed by atoms with Crippen molar-refractivity contribution in [2.75, 3.05) is 11.1 Å². The maximum atomic E-state index is 7.23. The molecule has 0 aliphatic rings. The van der Waals surface area contributed by atoms with E-state index in [-0.39, 0.29) is 0 Å². The van der Waals surface area contributed by atoms with Crippen molar-refractivity contribution in [1.29, 1.82) is 0 Å². The monoisotopic (exact) mass is 688 g/mol. The molecule has 0 aliphatic carbocycles. The lowest BCUT2D eigenvalue weighted by molar-refractivity contribution is 0.669. The molecular formula is C48H40N4O. The molecule has 0 saturated heterocycles. The molecule has 3 aromatic heterocycles. The van der Waals surface area contributed by atoms with Gasteiger partial charge in [0.1, 0.15) is 11.2 Å². The highest BCUT2D eigenvalue weighted by Gasteiger charge is 2.25. The normalized spacial score (nSPS) is 12.7. The average Bonchev–Trinajstić information content (AvgIpc) is 3.81. The van der Waals surface area contributed by atoms with Crippen molar-refractivity contribution in [3.63, 3.8) is 0 Å². The summed E-state index contributed by atoms with van der Waals surface area (Å²) in [6.07, 6.45) is 17.7. The third-order valence-electron chi connectivity index (χ3n) is 9.78. The van der Waals surface area contributed by atoms with Gasteiger partial charge in [0.15, 0.2) is 0 Å². The van der Waals surface area contributed by atoms with Gasteiger partial charge in [0.05, 0.1) is 27.9 Å².